The van der Waals surface area contributed by atoms with Crippen LogP contribution in [0.5, 0.6) is 0 Å². The lowest BCUT2D eigenvalue weighted by Crippen LogP contribution is -1.77. The minimum Gasteiger partial charge on any atom is -0.0955 e. The molecule has 2 rings (SSSR count). The first kappa shape index (κ1) is 15.0. The Balaban J connectivity index is 0.000000191. The highest BCUT2D eigenvalue weighted by molar-refractivity contribution is 5.62. The van der Waals surface area contributed by atoms with E-state index in [0.717, 1.165) is 12.0 Å². The normalized spacial score (nSPS) is 9.16. The van der Waals surface area contributed by atoms with E-state index in [9.17, 15) is 0 Å². The summed E-state index contributed by atoms with van der Waals surface area (Å²) in [7, 11) is 0. The summed E-state index contributed by atoms with van der Waals surface area (Å²) in [5.74, 6) is 0. The lowest BCUT2D eigenvalue weighted by molar-refractivity contribution is 1.24. The van der Waals surface area contributed by atoms with Gasteiger partial charge in [0.05, 0.1) is 0 Å². The number of allylic oxidation sites excluding steroid dienone is 2. The van der Waals surface area contributed by atoms with Crippen molar-refractivity contribution < 1.29 is 0 Å². The van der Waals surface area contributed by atoms with Gasteiger partial charge in [-0.15, -0.1) is 0 Å². The van der Waals surface area contributed by atoms with Crippen molar-refractivity contribution in [3.05, 3.63) is 84.9 Å². The van der Waals surface area contributed by atoms with E-state index < -0.39 is 0 Å². The number of benzene rings is 2. The van der Waals surface area contributed by atoms with E-state index in [-0.39, 0.29) is 0 Å². The molecule has 0 saturated carbocycles. The smallest absolute Gasteiger partial charge is 0.0231 e. The topological polar surface area (TPSA) is 0 Å². The molecule has 0 heteroatoms. The van der Waals surface area contributed by atoms with E-state index in [0.29, 0.717) is 0 Å². The zero-order chi connectivity index (χ0) is 14.1. The Bertz CT molecular complexity index is 506. The molecule has 0 saturated heterocycles. The van der Waals surface area contributed by atoms with Crippen LogP contribution in [0.15, 0.2) is 73.8 Å². The highest BCUT2D eigenvalue weighted by Crippen LogP contribution is 2.13. The van der Waals surface area contributed by atoms with Gasteiger partial charge >= 0.3 is 0 Å². The van der Waals surface area contributed by atoms with Crippen LogP contribution in [0.1, 0.15) is 31.4 Å². The Labute approximate surface area is 117 Å². The Morgan fingerprint density at radius 1 is 0.789 bits per heavy atom. The van der Waals surface area contributed by atoms with Crippen LogP contribution >= 0.6 is 0 Å². The fraction of sp³-hybridized carbons (Fsp3) is 0.158. The zero-order valence-electron chi connectivity index (χ0n) is 11.9. The van der Waals surface area contributed by atoms with Crippen LogP contribution in [0, 0.1) is 0 Å². The van der Waals surface area contributed by atoms with Crippen LogP contribution in [0.3, 0.4) is 0 Å². The molecule has 0 N–H and O–H groups in total. The van der Waals surface area contributed by atoms with Crippen LogP contribution in [0.2, 0.25) is 0 Å². The fourth-order valence-corrected chi connectivity index (χ4v) is 1.60. The molecule has 2 aromatic rings. The minimum atomic E-state index is 1.03. The summed E-state index contributed by atoms with van der Waals surface area (Å²) in [4.78, 5) is 0. The first-order chi connectivity index (χ1) is 9.15. The Morgan fingerprint density at radius 2 is 1.21 bits per heavy atom. The molecule has 98 valence electrons. The highest BCUT2D eigenvalue weighted by Gasteiger charge is 1.91. The summed E-state index contributed by atoms with van der Waals surface area (Å²) in [6, 6.07) is 20.4. The van der Waals surface area contributed by atoms with Crippen molar-refractivity contribution in [1.29, 1.82) is 0 Å². The molecular weight excluding hydrogens is 228 g/mol. The first-order valence-corrected chi connectivity index (χ1v) is 6.59. The first-order valence-electron chi connectivity index (χ1n) is 6.59. The maximum atomic E-state index is 3.94. The predicted octanol–water partition coefficient (Wildman–Crippen LogP) is 5.83. The second-order valence-corrected chi connectivity index (χ2v) is 4.47. The Hall–Kier alpha value is -2.08. The van der Waals surface area contributed by atoms with Gasteiger partial charge in [-0.05, 0) is 30.0 Å². The van der Waals surface area contributed by atoms with E-state index in [4.69, 9.17) is 0 Å². The summed E-state index contributed by atoms with van der Waals surface area (Å²) in [6.07, 6.45) is 1.03. The van der Waals surface area contributed by atoms with Crippen molar-refractivity contribution in [3.63, 3.8) is 0 Å². The Morgan fingerprint density at radius 3 is 1.53 bits per heavy atom. The molecule has 0 nitrogen and oxygen atoms in total. The van der Waals surface area contributed by atoms with Crippen LogP contribution in [0.4, 0.5) is 0 Å². The highest BCUT2D eigenvalue weighted by atomic mass is 14.0. The van der Waals surface area contributed by atoms with Gasteiger partial charge in [-0.25, -0.2) is 0 Å². The van der Waals surface area contributed by atoms with Gasteiger partial charge in [0.25, 0.3) is 0 Å². The van der Waals surface area contributed by atoms with Crippen LogP contribution in [0.25, 0.3) is 11.1 Å². The van der Waals surface area contributed by atoms with Gasteiger partial charge in [0, 0.05) is 0 Å². The maximum Gasteiger partial charge on any atom is -0.0231 e. The SMILES string of the molecule is C=C(C)c1ccccc1.C=C(CC)c1ccccc1. The Kier molecular flexibility index (Phi) is 6.38. The number of hydrogen-bond donors (Lipinski definition) is 0. The van der Waals surface area contributed by atoms with E-state index >= 15 is 0 Å². The summed E-state index contributed by atoms with van der Waals surface area (Å²) in [5, 5.41) is 0. The quantitative estimate of drug-likeness (QED) is 0.643. The molecule has 0 heterocycles. The third-order valence-electron chi connectivity index (χ3n) is 2.88. The average molecular weight is 250 g/mol. The zero-order valence-corrected chi connectivity index (χ0v) is 11.9. The molecule has 0 radical (unpaired) electrons. The van der Waals surface area contributed by atoms with Crippen LogP contribution in [-0.4, -0.2) is 0 Å². The summed E-state index contributed by atoms with van der Waals surface area (Å²) in [6.45, 7) is 11.9. The van der Waals surface area contributed by atoms with Crippen molar-refractivity contribution in [3.8, 4) is 0 Å². The molecule has 0 amide bonds. The largest absolute Gasteiger partial charge is 0.0955 e. The number of rotatable bonds is 3. The lowest BCUT2D eigenvalue weighted by atomic mass is 10.1. The van der Waals surface area contributed by atoms with E-state index in [1.807, 2.05) is 43.3 Å². The second kappa shape index (κ2) is 8.10. The average Bonchev–Trinajstić information content (AvgIpc) is 2.49. The molecule has 0 unspecified atom stereocenters. The van der Waals surface area contributed by atoms with Crippen molar-refractivity contribution in [2.24, 2.45) is 0 Å². The molecule has 0 spiro atoms. The van der Waals surface area contributed by atoms with Crippen molar-refractivity contribution >= 4 is 11.1 Å². The van der Waals surface area contributed by atoms with E-state index in [2.05, 4.69) is 44.3 Å². The van der Waals surface area contributed by atoms with Gasteiger partial charge < -0.3 is 0 Å². The van der Waals surface area contributed by atoms with Gasteiger partial charge in [0.15, 0.2) is 0 Å². The van der Waals surface area contributed by atoms with E-state index in [1.165, 1.54) is 16.7 Å². The molecule has 0 aliphatic carbocycles. The van der Waals surface area contributed by atoms with Gasteiger partial charge in [-0.2, -0.15) is 0 Å². The standard InChI is InChI=1S/C10H12.C9H10/c1-3-9(2)10-7-5-4-6-8-10;1-8(2)9-6-4-3-5-7-9/h4-8H,2-3H2,1H3;3-7H,1H2,2H3. The molecule has 0 aliphatic rings. The molecule has 0 fully saturated rings. The van der Waals surface area contributed by atoms with Crippen molar-refractivity contribution in [2.45, 2.75) is 20.3 Å². The third kappa shape index (κ3) is 5.39. The van der Waals surface area contributed by atoms with Gasteiger partial charge in [0.2, 0.25) is 0 Å². The molecule has 0 atom stereocenters. The van der Waals surface area contributed by atoms with E-state index in [1.54, 1.807) is 0 Å². The van der Waals surface area contributed by atoms with Gasteiger partial charge in [0.1, 0.15) is 0 Å². The summed E-state index contributed by atoms with van der Waals surface area (Å²) < 4.78 is 0. The van der Waals surface area contributed by atoms with Crippen molar-refractivity contribution in [2.75, 3.05) is 0 Å². The summed E-state index contributed by atoms with van der Waals surface area (Å²) in [5.41, 5.74) is 4.80. The van der Waals surface area contributed by atoms with Crippen LogP contribution in [-0.2, 0) is 0 Å². The van der Waals surface area contributed by atoms with Gasteiger partial charge in [-0.3, -0.25) is 0 Å². The molecule has 2 aromatic carbocycles. The molecular formula is C19H22. The molecule has 0 bridgehead atoms. The molecule has 19 heavy (non-hydrogen) atoms. The molecule has 0 aliphatic heterocycles. The lowest BCUT2D eigenvalue weighted by Gasteiger charge is -1.99. The number of hydrogen-bond acceptors (Lipinski definition) is 0. The van der Waals surface area contributed by atoms with Gasteiger partial charge in [-0.1, -0.05) is 86.3 Å². The second-order valence-electron chi connectivity index (χ2n) is 4.47. The molecule has 0 aromatic heterocycles. The summed E-state index contributed by atoms with van der Waals surface area (Å²) >= 11 is 0. The van der Waals surface area contributed by atoms with Crippen LogP contribution < -0.4 is 0 Å². The predicted molar refractivity (Wildman–Crippen MR) is 86.9 cm³/mol. The third-order valence-corrected chi connectivity index (χ3v) is 2.88. The van der Waals surface area contributed by atoms with Crippen molar-refractivity contribution in [1.82, 2.24) is 0 Å². The minimum absolute atomic E-state index is 1.03. The fourth-order valence-electron chi connectivity index (χ4n) is 1.60. The monoisotopic (exact) mass is 250 g/mol. The maximum absolute atomic E-state index is 3.94.